The van der Waals surface area contributed by atoms with Crippen LogP contribution in [0.15, 0.2) is 30.3 Å². The quantitative estimate of drug-likeness (QED) is 0.665. The molecule has 0 aliphatic carbocycles. The fourth-order valence-corrected chi connectivity index (χ4v) is 1.51. The summed E-state index contributed by atoms with van der Waals surface area (Å²) >= 11 is 4.97. The Labute approximate surface area is 110 Å². The molecule has 1 fully saturated rings. The Kier molecular flexibility index (Phi) is 6.64. The van der Waals surface area contributed by atoms with E-state index in [1.807, 2.05) is 30.3 Å². The van der Waals surface area contributed by atoms with Crippen molar-refractivity contribution in [2.75, 3.05) is 13.1 Å². The highest BCUT2D eigenvalue weighted by Crippen LogP contribution is 2.06. The lowest BCUT2D eigenvalue weighted by Crippen LogP contribution is -2.28. The monoisotopic (exact) mass is 274 g/mol. The highest BCUT2D eigenvalue weighted by atomic mass is 35.5. The molecule has 1 saturated heterocycles. The number of alkyl halides is 1. The number of carbonyl (C=O) groups excluding carboxylic acids is 1. The van der Waals surface area contributed by atoms with Gasteiger partial charge < -0.3 is 4.74 Å². The van der Waals surface area contributed by atoms with Crippen molar-refractivity contribution in [2.45, 2.75) is 19.2 Å². The Morgan fingerprint density at radius 2 is 2.17 bits per heavy atom. The van der Waals surface area contributed by atoms with E-state index in [4.69, 9.17) is 17.4 Å². The van der Waals surface area contributed by atoms with Crippen molar-refractivity contribution in [2.24, 2.45) is 5.84 Å². The molecule has 1 heterocycles. The van der Waals surface area contributed by atoms with Gasteiger partial charge in [-0.15, -0.1) is 0 Å². The van der Waals surface area contributed by atoms with Crippen molar-refractivity contribution in [3.63, 3.8) is 0 Å². The van der Waals surface area contributed by atoms with E-state index in [1.54, 1.807) is 0 Å². The molecular formula is C12H16ClFN2O2. The van der Waals surface area contributed by atoms with Gasteiger partial charge in [-0.3, -0.25) is 5.84 Å². The molecule has 4 nitrogen and oxygen atoms in total. The Morgan fingerprint density at radius 3 is 2.56 bits per heavy atom. The Morgan fingerprint density at radius 1 is 1.50 bits per heavy atom. The van der Waals surface area contributed by atoms with Gasteiger partial charge in [0.05, 0.1) is 0 Å². The summed E-state index contributed by atoms with van der Waals surface area (Å²) in [7, 11) is 0. The van der Waals surface area contributed by atoms with Gasteiger partial charge in [0.1, 0.15) is 12.8 Å². The van der Waals surface area contributed by atoms with E-state index < -0.39 is 11.6 Å². The van der Waals surface area contributed by atoms with Crippen LogP contribution in [0.25, 0.3) is 0 Å². The third-order valence-electron chi connectivity index (χ3n) is 2.36. The summed E-state index contributed by atoms with van der Waals surface area (Å²) < 4.78 is 16.6. The first-order valence-corrected chi connectivity index (χ1v) is 5.95. The van der Waals surface area contributed by atoms with Crippen molar-refractivity contribution in [1.29, 1.82) is 0 Å². The minimum Gasteiger partial charge on any atom is -0.449 e. The number of carbonyl (C=O) groups is 1. The van der Waals surface area contributed by atoms with E-state index in [9.17, 15) is 9.18 Å². The molecule has 6 heteroatoms. The zero-order chi connectivity index (χ0) is 13.4. The van der Waals surface area contributed by atoms with Crippen LogP contribution < -0.4 is 5.84 Å². The maximum Gasteiger partial charge on any atom is 0.404 e. The van der Waals surface area contributed by atoms with Gasteiger partial charge in [0.15, 0.2) is 0 Å². The lowest BCUT2D eigenvalue weighted by atomic mass is 10.2. The second-order valence-corrected chi connectivity index (χ2v) is 4.20. The van der Waals surface area contributed by atoms with Gasteiger partial charge in [0.25, 0.3) is 0 Å². The molecule has 1 atom stereocenters. The third kappa shape index (κ3) is 6.54. The Hall–Kier alpha value is -1.17. The van der Waals surface area contributed by atoms with Gasteiger partial charge in [-0.2, -0.15) is 0 Å². The highest BCUT2D eigenvalue weighted by molar-refractivity contribution is 6.61. The van der Waals surface area contributed by atoms with Crippen LogP contribution in [-0.4, -0.2) is 29.7 Å². The van der Waals surface area contributed by atoms with E-state index in [0.717, 1.165) is 5.56 Å². The number of hydrogen-bond acceptors (Lipinski definition) is 4. The zero-order valence-electron chi connectivity index (χ0n) is 9.89. The number of ether oxygens (including phenoxy) is 1. The standard InChI is InChI=1S/C8H7ClO2.C4H9FN2/c9-8(10)11-6-7-4-2-1-3-5-7;5-4-1-2-7(6)3-4/h1-5H,6H2;4H,1-3,6H2. The predicted molar refractivity (Wildman–Crippen MR) is 67.8 cm³/mol. The van der Waals surface area contributed by atoms with Crippen LogP contribution in [-0.2, 0) is 11.3 Å². The molecule has 0 bridgehead atoms. The summed E-state index contributed by atoms with van der Waals surface area (Å²) in [5.41, 5.74) is 0.162. The third-order valence-corrected chi connectivity index (χ3v) is 2.47. The topological polar surface area (TPSA) is 55.6 Å². The zero-order valence-corrected chi connectivity index (χ0v) is 10.6. The summed E-state index contributed by atoms with van der Waals surface area (Å²) in [5.74, 6) is 5.22. The van der Waals surface area contributed by atoms with Gasteiger partial charge >= 0.3 is 5.43 Å². The molecule has 2 rings (SSSR count). The Balaban J connectivity index is 0.000000199. The molecule has 100 valence electrons. The molecule has 1 unspecified atom stereocenters. The van der Waals surface area contributed by atoms with Gasteiger partial charge in [0, 0.05) is 24.7 Å². The van der Waals surface area contributed by atoms with Crippen LogP contribution in [0, 0.1) is 0 Å². The molecule has 1 aliphatic rings. The van der Waals surface area contributed by atoms with Crippen molar-refractivity contribution in [3.8, 4) is 0 Å². The second-order valence-electron chi connectivity index (χ2n) is 3.89. The van der Waals surface area contributed by atoms with Crippen molar-refractivity contribution in [1.82, 2.24) is 5.01 Å². The normalized spacial score (nSPS) is 18.9. The number of rotatable bonds is 2. The predicted octanol–water partition coefficient (Wildman–Crippen LogP) is 2.47. The van der Waals surface area contributed by atoms with E-state index in [2.05, 4.69) is 4.74 Å². The lowest BCUT2D eigenvalue weighted by Gasteiger charge is -2.01. The summed E-state index contributed by atoms with van der Waals surface area (Å²) in [6, 6.07) is 9.36. The number of halogens is 2. The smallest absolute Gasteiger partial charge is 0.404 e. The molecular weight excluding hydrogens is 259 g/mol. The Bertz CT molecular complexity index is 356. The average Bonchev–Trinajstić information content (AvgIpc) is 2.73. The van der Waals surface area contributed by atoms with Gasteiger partial charge in [-0.25, -0.2) is 14.2 Å². The molecule has 0 amide bonds. The van der Waals surface area contributed by atoms with Crippen molar-refractivity contribution in [3.05, 3.63) is 35.9 Å². The fraction of sp³-hybridized carbons (Fsp3) is 0.417. The molecule has 1 aromatic rings. The van der Waals surface area contributed by atoms with Crippen LogP contribution in [0.4, 0.5) is 9.18 Å². The van der Waals surface area contributed by atoms with Gasteiger partial charge in [0.2, 0.25) is 0 Å². The number of hydrogen-bond donors (Lipinski definition) is 1. The molecule has 18 heavy (non-hydrogen) atoms. The maximum atomic E-state index is 12.1. The first kappa shape index (κ1) is 14.9. The summed E-state index contributed by atoms with van der Waals surface area (Å²) in [4.78, 5) is 10.2. The van der Waals surface area contributed by atoms with Crippen LogP contribution in [0.3, 0.4) is 0 Å². The first-order chi connectivity index (χ1) is 8.58. The van der Waals surface area contributed by atoms with Crippen molar-refractivity contribution >= 4 is 17.0 Å². The summed E-state index contributed by atoms with van der Waals surface area (Å²) in [5, 5.41) is 1.50. The van der Waals surface area contributed by atoms with Crippen molar-refractivity contribution < 1.29 is 13.9 Å². The summed E-state index contributed by atoms with van der Waals surface area (Å²) in [6.45, 7) is 1.37. The number of hydrazine groups is 1. The first-order valence-electron chi connectivity index (χ1n) is 5.58. The van der Waals surface area contributed by atoms with Gasteiger partial charge in [-0.1, -0.05) is 30.3 Å². The van der Waals surface area contributed by atoms with E-state index in [0.29, 0.717) is 19.5 Å². The molecule has 0 saturated carbocycles. The molecule has 0 spiro atoms. The molecule has 2 N–H and O–H groups in total. The number of nitrogens with two attached hydrogens (primary N) is 1. The minimum atomic E-state index is -0.770. The number of nitrogens with zero attached hydrogens (tertiary/aromatic N) is 1. The number of benzene rings is 1. The van der Waals surface area contributed by atoms with E-state index in [-0.39, 0.29) is 6.61 Å². The minimum absolute atomic E-state index is 0.239. The van der Waals surface area contributed by atoms with Crippen LogP contribution in [0.5, 0.6) is 0 Å². The molecule has 0 radical (unpaired) electrons. The summed E-state index contributed by atoms with van der Waals surface area (Å²) in [6.07, 6.45) is -0.0683. The lowest BCUT2D eigenvalue weighted by molar-refractivity contribution is 0.167. The molecule has 0 aromatic heterocycles. The van der Waals surface area contributed by atoms with E-state index in [1.165, 1.54) is 5.01 Å². The largest absolute Gasteiger partial charge is 0.449 e. The van der Waals surface area contributed by atoms with E-state index >= 15 is 0 Å². The average molecular weight is 275 g/mol. The molecule has 1 aromatic carbocycles. The van der Waals surface area contributed by atoms with Crippen LogP contribution in [0.1, 0.15) is 12.0 Å². The van der Waals surface area contributed by atoms with Crippen LogP contribution in [0.2, 0.25) is 0 Å². The fourth-order valence-electron chi connectivity index (χ4n) is 1.46. The van der Waals surface area contributed by atoms with Crippen LogP contribution >= 0.6 is 11.6 Å². The second kappa shape index (κ2) is 8.02. The SMILES string of the molecule is NN1CCC(F)C1.O=C(Cl)OCc1ccccc1. The molecule has 1 aliphatic heterocycles. The maximum absolute atomic E-state index is 12.1. The highest BCUT2D eigenvalue weighted by Gasteiger charge is 2.17. The van der Waals surface area contributed by atoms with Gasteiger partial charge in [-0.05, 0) is 12.0 Å².